The second-order valence-electron chi connectivity index (χ2n) is 3.58. The maximum Gasteiger partial charge on any atom is 0.413 e. The van der Waals surface area contributed by atoms with Crippen LogP contribution >= 0.6 is 0 Å². The SMILES string of the molecule is O=C(Nc1cc([N+](=O)[O-])[nH]n1)OCc1ccccc1. The van der Waals surface area contributed by atoms with E-state index in [-0.39, 0.29) is 18.2 Å². The topological polar surface area (TPSA) is 110 Å². The first-order chi connectivity index (χ1) is 9.15. The van der Waals surface area contributed by atoms with Crippen molar-refractivity contribution in [2.45, 2.75) is 6.61 Å². The number of benzene rings is 1. The van der Waals surface area contributed by atoms with Gasteiger partial charge in [-0.25, -0.2) is 4.79 Å². The highest BCUT2D eigenvalue weighted by atomic mass is 16.6. The van der Waals surface area contributed by atoms with E-state index in [1.165, 1.54) is 0 Å². The van der Waals surface area contributed by atoms with Crippen LogP contribution in [0.1, 0.15) is 5.56 Å². The maximum atomic E-state index is 11.4. The summed E-state index contributed by atoms with van der Waals surface area (Å²) in [5.74, 6) is -0.275. The van der Waals surface area contributed by atoms with Crippen molar-refractivity contribution in [3.05, 3.63) is 52.1 Å². The maximum absolute atomic E-state index is 11.4. The molecule has 8 nitrogen and oxygen atoms in total. The van der Waals surface area contributed by atoms with Crippen LogP contribution in [0.5, 0.6) is 0 Å². The van der Waals surface area contributed by atoms with Gasteiger partial charge in [-0.05, 0) is 10.5 Å². The number of anilines is 1. The van der Waals surface area contributed by atoms with Crippen LogP contribution < -0.4 is 5.32 Å². The second kappa shape index (κ2) is 5.63. The van der Waals surface area contributed by atoms with Crippen LogP contribution in [-0.2, 0) is 11.3 Å². The zero-order valence-electron chi connectivity index (χ0n) is 9.70. The number of H-pyrrole nitrogens is 1. The smallest absolute Gasteiger partial charge is 0.413 e. The van der Waals surface area contributed by atoms with Crippen molar-refractivity contribution in [1.82, 2.24) is 10.2 Å². The molecule has 1 aromatic carbocycles. The summed E-state index contributed by atoms with van der Waals surface area (Å²) in [5, 5.41) is 18.4. The van der Waals surface area contributed by atoms with Gasteiger partial charge in [0.1, 0.15) is 6.61 Å². The van der Waals surface area contributed by atoms with Crippen LogP contribution in [0.4, 0.5) is 16.4 Å². The Hall–Kier alpha value is -2.90. The van der Waals surface area contributed by atoms with E-state index in [1.807, 2.05) is 30.3 Å². The quantitative estimate of drug-likeness (QED) is 0.647. The lowest BCUT2D eigenvalue weighted by Gasteiger charge is -2.04. The Balaban J connectivity index is 1.85. The van der Waals surface area contributed by atoms with Gasteiger partial charge in [0.15, 0.2) is 5.82 Å². The van der Waals surface area contributed by atoms with Crippen LogP contribution in [-0.4, -0.2) is 21.2 Å². The number of amides is 1. The van der Waals surface area contributed by atoms with Crippen molar-refractivity contribution < 1.29 is 14.5 Å². The fourth-order valence-electron chi connectivity index (χ4n) is 1.33. The van der Waals surface area contributed by atoms with Gasteiger partial charge in [0.25, 0.3) is 0 Å². The molecule has 0 aliphatic carbocycles. The fraction of sp³-hybridized carbons (Fsp3) is 0.0909. The molecule has 2 N–H and O–H groups in total. The third-order valence-corrected chi connectivity index (χ3v) is 2.20. The second-order valence-corrected chi connectivity index (χ2v) is 3.58. The number of ether oxygens (including phenoxy) is 1. The molecule has 98 valence electrons. The molecule has 0 aliphatic rings. The number of rotatable bonds is 4. The van der Waals surface area contributed by atoms with Gasteiger partial charge >= 0.3 is 11.9 Å². The van der Waals surface area contributed by atoms with Gasteiger partial charge in [0.2, 0.25) is 0 Å². The predicted molar refractivity (Wildman–Crippen MR) is 65.5 cm³/mol. The van der Waals surface area contributed by atoms with Crippen molar-refractivity contribution in [1.29, 1.82) is 0 Å². The Morgan fingerprint density at radius 1 is 1.42 bits per heavy atom. The highest BCUT2D eigenvalue weighted by Crippen LogP contribution is 2.12. The molecular weight excluding hydrogens is 252 g/mol. The Morgan fingerprint density at radius 3 is 2.79 bits per heavy atom. The van der Waals surface area contributed by atoms with E-state index >= 15 is 0 Å². The van der Waals surface area contributed by atoms with Crippen molar-refractivity contribution >= 4 is 17.7 Å². The molecule has 1 aromatic heterocycles. The summed E-state index contributed by atoms with van der Waals surface area (Å²) >= 11 is 0. The normalized spacial score (nSPS) is 9.89. The number of carbonyl (C=O) groups excluding carboxylic acids is 1. The average Bonchev–Trinajstić information content (AvgIpc) is 2.86. The van der Waals surface area contributed by atoms with E-state index < -0.39 is 11.0 Å². The first-order valence-corrected chi connectivity index (χ1v) is 5.32. The molecule has 0 radical (unpaired) electrons. The van der Waals surface area contributed by atoms with Gasteiger partial charge in [0.05, 0.1) is 6.07 Å². The Morgan fingerprint density at radius 2 is 2.16 bits per heavy atom. The van der Waals surface area contributed by atoms with Crippen LogP contribution in [0.25, 0.3) is 0 Å². The standard InChI is InChI=1S/C11H10N4O4/c16-11(19-7-8-4-2-1-3-5-8)12-9-6-10(14-13-9)15(17)18/h1-6H,7H2,(H2,12,13,14,16). The molecule has 8 heteroatoms. The van der Waals surface area contributed by atoms with Crippen molar-refractivity contribution in [2.24, 2.45) is 0 Å². The molecule has 19 heavy (non-hydrogen) atoms. The molecule has 1 amide bonds. The number of carbonyl (C=O) groups is 1. The molecule has 0 fully saturated rings. The molecule has 0 unspecified atom stereocenters. The molecule has 0 saturated carbocycles. The minimum absolute atomic E-state index is 0.0322. The van der Waals surface area contributed by atoms with E-state index in [1.54, 1.807) is 0 Å². The fourth-order valence-corrected chi connectivity index (χ4v) is 1.33. The summed E-state index contributed by atoms with van der Waals surface area (Å²) in [6, 6.07) is 10.2. The molecule has 1 heterocycles. The average molecular weight is 262 g/mol. The van der Waals surface area contributed by atoms with E-state index in [2.05, 4.69) is 15.5 Å². The lowest BCUT2D eigenvalue weighted by Crippen LogP contribution is -2.13. The van der Waals surface area contributed by atoms with Gasteiger partial charge in [0, 0.05) is 0 Å². The van der Waals surface area contributed by atoms with E-state index in [0.29, 0.717) is 0 Å². The van der Waals surface area contributed by atoms with Gasteiger partial charge < -0.3 is 14.9 Å². The summed E-state index contributed by atoms with van der Waals surface area (Å²) < 4.78 is 4.93. The van der Waals surface area contributed by atoms with E-state index in [0.717, 1.165) is 11.6 Å². The molecule has 2 aromatic rings. The summed E-state index contributed by atoms with van der Waals surface area (Å²) in [7, 11) is 0. The van der Waals surface area contributed by atoms with Crippen molar-refractivity contribution in [2.75, 3.05) is 5.32 Å². The molecule has 0 atom stereocenters. The van der Waals surface area contributed by atoms with Crippen LogP contribution in [0.15, 0.2) is 36.4 Å². The third kappa shape index (κ3) is 3.53. The van der Waals surface area contributed by atoms with E-state index in [4.69, 9.17) is 4.74 Å². The zero-order valence-corrected chi connectivity index (χ0v) is 9.70. The Kier molecular flexibility index (Phi) is 3.72. The number of aromatic nitrogens is 2. The minimum Gasteiger partial charge on any atom is -0.444 e. The lowest BCUT2D eigenvalue weighted by molar-refractivity contribution is -0.389. The Labute approximate surface area is 107 Å². The van der Waals surface area contributed by atoms with Gasteiger partial charge in [-0.3, -0.25) is 5.32 Å². The minimum atomic E-state index is -0.731. The van der Waals surface area contributed by atoms with Crippen molar-refractivity contribution in [3.63, 3.8) is 0 Å². The molecule has 0 saturated heterocycles. The summed E-state index contributed by atoms with van der Waals surface area (Å²) in [6.45, 7) is 0.110. The van der Waals surface area contributed by atoms with Crippen LogP contribution in [0.2, 0.25) is 0 Å². The van der Waals surface area contributed by atoms with Crippen LogP contribution in [0, 0.1) is 10.1 Å². The third-order valence-electron chi connectivity index (χ3n) is 2.20. The molecular formula is C11H10N4O4. The summed E-state index contributed by atoms with van der Waals surface area (Å²) in [5.41, 5.74) is 0.839. The monoisotopic (exact) mass is 262 g/mol. The Bertz CT molecular complexity index is 581. The lowest BCUT2D eigenvalue weighted by atomic mass is 10.2. The van der Waals surface area contributed by atoms with Crippen LogP contribution in [0.3, 0.4) is 0 Å². The largest absolute Gasteiger partial charge is 0.444 e. The summed E-state index contributed by atoms with van der Waals surface area (Å²) in [6.07, 6.45) is -0.731. The first kappa shape index (κ1) is 12.6. The van der Waals surface area contributed by atoms with Gasteiger partial charge in [-0.15, -0.1) is 5.10 Å². The summed E-state index contributed by atoms with van der Waals surface area (Å²) in [4.78, 5) is 21.2. The first-order valence-electron chi connectivity index (χ1n) is 5.32. The number of nitro groups is 1. The highest BCUT2D eigenvalue weighted by molar-refractivity contribution is 5.83. The number of aromatic amines is 1. The number of hydrogen-bond donors (Lipinski definition) is 2. The number of hydrogen-bond acceptors (Lipinski definition) is 5. The van der Waals surface area contributed by atoms with Crippen molar-refractivity contribution in [3.8, 4) is 0 Å². The number of nitrogens with zero attached hydrogens (tertiary/aromatic N) is 2. The molecule has 0 spiro atoms. The zero-order chi connectivity index (χ0) is 13.7. The predicted octanol–water partition coefficient (Wildman–Crippen LogP) is 2.07. The number of nitrogens with one attached hydrogen (secondary N) is 2. The molecule has 0 aliphatic heterocycles. The van der Waals surface area contributed by atoms with Gasteiger partial charge in [-0.1, -0.05) is 35.4 Å². The molecule has 2 rings (SSSR count). The van der Waals surface area contributed by atoms with E-state index in [9.17, 15) is 14.9 Å². The van der Waals surface area contributed by atoms with Gasteiger partial charge in [-0.2, -0.15) is 0 Å². The molecule has 0 bridgehead atoms. The highest BCUT2D eigenvalue weighted by Gasteiger charge is 2.12.